The van der Waals surface area contributed by atoms with Crippen LogP contribution in [0.15, 0.2) is 64.5 Å². The van der Waals surface area contributed by atoms with E-state index < -0.39 is 5.82 Å². The molecular formula is C32H38FN5. The summed E-state index contributed by atoms with van der Waals surface area (Å²) < 4.78 is 14.7. The number of rotatable bonds is 9. The molecule has 0 amide bonds. The van der Waals surface area contributed by atoms with Crippen molar-refractivity contribution in [2.75, 3.05) is 18.1 Å². The lowest BCUT2D eigenvalue weighted by Crippen LogP contribution is -2.39. The summed E-state index contributed by atoms with van der Waals surface area (Å²) in [6.45, 7) is 6.51. The first-order valence-electron chi connectivity index (χ1n) is 14.2. The molecule has 0 aromatic heterocycles. The fourth-order valence-electron chi connectivity index (χ4n) is 5.76. The van der Waals surface area contributed by atoms with Crippen LogP contribution >= 0.6 is 0 Å². The van der Waals surface area contributed by atoms with Crippen LogP contribution in [-0.2, 0) is 0 Å². The van der Waals surface area contributed by atoms with Crippen LogP contribution in [0.5, 0.6) is 0 Å². The molecular weight excluding hydrogens is 473 g/mol. The van der Waals surface area contributed by atoms with Crippen LogP contribution in [-0.4, -0.2) is 30.0 Å². The van der Waals surface area contributed by atoms with Gasteiger partial charge in [0.15, 0.2) is 5.84 Å². The minimum atomic E-state index is -0.548. The van der Waals surface area contributed by atoms with E-state index in [0.717, 1.165) is 37.4 Å². The summed E-state index contributed by atoms with van der Waals surface area (Å²) in [7, 11) is 0. The first kappa shape index (κ1) is 26.2. The van der Waals surface area contributed by atoms with Gasteiger partial charge in [-0.2, -0.15) is 10.4 Å². The Kier molecular flexibility index (Phi) is 7.93. The van der Waals surface area contributed by atoms with Crippen molar-refractivity contribution >= 4 is 17.7 Å². The van der Waals surface area contributed by atoms with Crippen molar-refractivity contribution < 1.29 is 4.39 Å². The average Bonchev–Trinajstić information content (AvgIpc) is 3.81. The monoisotopic (exact) mass is 511 g/mol. The number of unbranched alkanes of at least 4 members (excludes halogenated alkanes) is 2. The predicted molar refractivity (Wildman–Crippen MR) is 153 cm³/mol. The van der Waals surface area contributed by atoms with Gasteiger partial charge in [0, 0.05) is 24.7 Å². The minimum Gasteiger partial charge on any atom is -0.356 e. The van der Waals surface area contributed by atoms with Crippen LogP contribution in [0.3, 0.4) is 0 Å². The van der Waals surface area contributed by atoms with E-state index in [4.69, 9.17) is 10.1 Å². The molecule has 6 heteroatoms. The van der Waals surface area contributed by atoms with E-state index in [1.807, 2.05) is 12.1 Å². The van der Waals surface area contributed by atoms with E-state index in [-0.39, 0.29) is 5.56 Å². The lowest BCUT2D eigenvalue weighted by molar-refractivity contribution is 0.108. The summed E-state index contributed by atoms with van der Waals surface area (Å²) in [6.07, 6.45) is 15.0. The van der Waals surface area contributed by atoms with Crippen LogP contribution in [0.1, 0.15) is 94.2 Å². The minimum absolute atomic E-state index is 0.0255. The Morgan fingerprint density at radius 2 is 1.82 bits per heavy atom. The molecule has 5 nitrogen and oxygen atoms in total. The summed E-state index contributed by atoms with van der Waals surface area (Å²) in [6, 6.07) is 15.0. The fraction of sp³-hybridized carbons (Fsp3) is 0.469. The Morgan fingerprint density at radius 1 is 1.05 bits per heavy atom. The molecule has 0 radical (unpaired) electrons. The van der Waals surface area contributed by atoms with E-state index in [2.05, 4.69) is 43.0 Å². The van der Waals surface area contributed by atoms with Crippen molar-refractivity contribution in [2.45, 2.75) is 77.6 Å². The van der Waals surface area contributed by atoms with Gasteiger partial charge in [-0.3, -0.25) is 0 Å². The smallest absolute Gasteiger partial charge is 0.163 e. The highest BCUT2D eigenvalue weighted by Crippen LogP contribution is 2.42. The summed E-state index contributed by atoms with van der Waals surface area (Å²) in [4.78, 5) is 7.44. The molecule has 2 fully saturated rings. The highest BCUT2D eigenvalue weighted by molar-refractivity contribution is 6.11. The maximum atomic E-state index is 14.7. The van der Waals surface area contributed by atoms with Gasteiger partial charge >= 0.3 is 0 Å². The Balaban J connectivity index is 1.43. The zero-order valence-corrected chi connectivity index (χ0v) is 22.7. The third kappa shape index (κ3) is 5.67. The Labute approximate surface area is 226 Å². The molecule has 3 aliphatic rings. The number of hydrogen-bond acceptors (Lipinski definition) is 5. The van der Waals surface area contributed by atoms with Gasteiger partial charge in [0.25, 0.3) is 0 Å². The second-order valence-electron chi connectivity index (χ2n) is 11.0. The van der Waals surface area contributed by atoms with E-state index in [9.17, 15) is 9.65 Å². The van der Waals surface area contributed by atoms with Crippen LogP contribution in [0.4, 0.5) is 10.1 Å². The zero-order valence-electron chi connectivity index (χ0n) is 22.7. The zero-order chi connectivity index (χ0) is 26.5. The van der Waals surface area contributed by atoms with Crippen molar-refractivity contribution in [3.05, 3.63) is 76.9 Å². The van der Waals surface area contributed by atoms with Gasteiger partial charge in [0.2, 0.25) is 0 Å². The number of nitrogens with zero attached hydrogens (tertiary/aromatic N) is 5. The number of hydrazone groups is 1. The number of aliphatic imine (C=N–C) groups is 1. The molecule has 38 heavy (non-hydrogen) atoms. The molecule has 0 atom stereocenters. The quantitative estimate of drug-likeness (QED) is 0.324. The number of piperidine rings is 1. The topological polar surface area (TPSA) is 55.0 Å². The van der Waals surface area contributed by atoms with Crippen LogP contribution in [0.2, 0.25) is 0 Å². The normalized spacial score (nSPS) is 19.0. The van der Waals surface area contributed by atoms with Crippen molar-refractivity contribution in [3.63, 3.8) is 0 Å². The molecule has 1 saturated heterocycles. The number of likely N-dealkylation sites (tertiary alicyclic amines) is 1. The number of allylic oxidation sites excluding steroid dienone is 1. The maximum absolute atomic E-state index is 14.7. The average molecular weight is 512 g/mol. The summed E-state index contributed by atoms with van der Waals surface area (Å²) in [5, 5.41) is 15.8. The second-order valence-corrected chi connectivity index (χ2v) is 11.0. The number of hydrogen-bond donors (Lipinski definition) is 0. The molecule has 0 unspecified atom stereocenters. The molecule has 1 aliphatic carbocycles. The van der Waals surface area contributed by atoms with Gasteiger partial charge in [0.05, 0.1) is 17.5 Å². The number of benzene rings is 2. The third-order valence-corrected chi connectivity index (χ3v) is 8.57. The van der Waals surface area contributed by atoms with Gasteiger partial charge in [-0.15, -0.1) is 0 Å². The van der Waals surface area contributed by atoms with Crippen LogP contribution in [0, 0.1) is 22.6 Å². The van der Waals surface area contributed by atoms with Crippen LogP contribution < -0.4 is 5.01 Å². The van der Waals surface area contributed by atoms with Gasteiger partial charge in [0.1, 0.15) is 17.7 Å². The van der Waals surface area contributed by atoms with E-state index in [1.54, 1.807) is 17.3 Å². The highest BCUT2D eigenvalue weighted by atomic mass is 19.1. The summed E-state index contributed by atoms with van der Waals surface area (Å²) in [5.41, 5.74) is 3.27. The molecule has 0 bridgehead atoms. The van der Waals surface area contributed by atoms with E-state index >= 15 is 0 Å². The molecule has 2 aromatic rings. The summed E-state index contributed by atoms with van der Waals surface area (Å²) in [5.74, 6) is 1.53. The van der Waals surface area contributed by atoms with Crippen molar-refractivity contribution in [3.8, 4) is 6.07 Å². The van der Waals surface area contributed by atoms with Crippen molar-refractivity contribution in [1.82, 2.24) is 4.90 Å². The first-order chi connectivity index (χ1) is 18.6. The predicted octanol–water partition coefficient (Wildman–Crippen LogP) is 7.74. The van der Waals surface area contributed by atoms with E-state index in [0.29, 0.717) is 22.7 Å². The molecule has 0 spiro atoms. The lowest BCUT2D eigenvalue weighted by Gasteiger charge is -2.42. The fourth-order valence-corrected chi connectivity index (χ4v) is 5.76. The third-order valence-electron chi connectivity index (χ3n) is 8.57. The SMILES string of the molecule is CCCCCC1(CC)CCN(C2=CC=NN(c3ccc(C4CC4)cc3)C(c3ccc(C#N)c(F)c3)=N2)CC1. The van der Waals surface area contributed by atoms with Crippen molar-refractivity contribution in [1.29, 1.82) is 5.26 Å². The molecule has 2 aromatic carbocycles. The van der Waals surface area contributed by atoms with Gasteiger partial charge in [-0.05, 0) is 79.3 Å². The number of amidine groups is 1. The Morgan fingerprint density at radius 3 is 2.45 bits per heavy atom. The van der Waals surface area contributed by atoms with Crippen LogP contribution in [0.25, 0.3) is 0 Å². The van der Waals surface area contributed by atoms with Gasteiger partial charge < -0.3 is 4.90 Å². The first-order valence-corrected chi connectivity index (χ1v) is 14.2. The molecule has 0 N–H and O–H groups in total. The second kappa shape index (κ2) is 11.5. The molecule has 1 saturated carbocycles. The molecule has 198 valence electrons. The Bertz CT molecular complexity index is 1260. The summed E-state index contributed by atoms with van der Waals surface area (Å²) >= 11 is 0. The number of nitriles is 1. The number of anilines is 1. The lowest BCUT2D eigenvalue weighted by atomic mass is 9.72. The van der Waals surface area contributed by atoms with Gasteiger partial charge in [-0.1, -0.05) is 51.7 Å². The van der Waals surface area contributed by atoms with Crippen molar-refractivity contribution in [2.24, 2.45) is 15.5 Å². The Hall–Kier alpha value is -3.46. The molecule has 2 aliphatic heterocycles. The number of halogens is 1. The standard InChI is InChI=1S/C32H38FN5/c1-3-5-6-16-32(4-2)17-20-37(21-18-32)30-15-19-35-38(28-13-11-25(12-14-28)24-7-8-24)31(36-30)26-9-10-27(23-34)29(33)22-26/h9-15,19,22,24H,3-8,16-18,20-21H2,1-2H3. The molecule has 5 rings (SSSR count). The molecule has 2 heterocycles. The highest BCUT2D eigenvalue weighted by Gasteiger charge is 2.33. The maximum Gasteiger partial charge on any atom is 0.163 e. The van der Waals surface area contributed by atoms with E-state index in [1.165, 1.54) is 62.6 Å². The largest absolute Gasteiger partial charge is 0.356 e. The van der Waals surface area contributed by atoms with Gasteiger partial charge in [-0.25, -0.2) is 14.4 Å².